The van der Waals surface area contributed by atoms with Crippen LogP contribution < -0.4 is 11.5 Å². The van der Waals surface area contributed by atoms with Crippen LogP contribution in [0.4, 0.5) is 0 Å². The van der Waals surface area contributed by atoms with Gasteiger partial charge in [0.05, 0.1) is 0 Å². The molecule has 11 heavy (non-hydrogen) atoms. The topological polar surface area (TPSA) is 52.0 Å². The van der Waals surface area contributed by atoms with E-state index in [4.69, 9.17) is 11.5 Å². The molecule has 0 aromatic heterocycles. The quantitative estimate of drug-likeness (QED) is 0.613. The minimum atomic E-state index is 0.755. The van der Waals surface area contributed by atoms with Crippen LogP contribution in [0.5, 0.6) is 0 Å². The Kier molecular flexibility index (Phi) is 6.57. The molecule has 0 aliphatic heterocycles. The molecule has 0 bridgehead atoms. The van der Waals surface area contributed by atoms with E-state index in [0.717, 1.165) is 37.8 Å². The normalized spacial score (nSPS) is 13.9. The maximum absolute atomic E-state index is 5.51. The molecule has 68 valence electrons. The van der Waals surface area contributed by atoms with Gasteiger partial charge in [0.2, 0.25) is 0 Å². The van der Waals surface area contributed by atoms with E-state index in [9.17, 15) is 0 Å². The average molecular weight is 158 g/mol. The van der Waals surface area contributed by atoms with Crippen molar-refractivity contribution in [1.82, 2.24) is 0 Å². The van der Waals surface area contributed by atoms with Gasteiger partial charge in [0, 0.05) is 0 Å². The van der Waals surface area contributed by atoms with Gasteiger partial charge in [-0.2, -0.15) is 0 Å². The van der Waals surface area contributed by atoms with Gasteiger partial charge in [0.15, 0.2) is 0 Å². The molecular weight excluding hydrogens is 136 g/mol. The first kappa shape index (κ1) is 10.9. The van der Waals surface area contributed by atoms with E-state index < -0.39 is 0 Å². The van der Waals surface area contributed by atoms with E-state index >= 15 is 0 Å². The van der Waals surface area contributed by atoms with Crippen LogP contribution in [0.3, 0.4) is 0 Å². The molecule has 0 aliphatic rings. The van der Waals surface area contributed by atoms with Crippen LogP contribution >= 0.6 is 0 Å². The molecule has 0 spiro atoms. The van der Waals surface area contributed by atoms with Gasteiger partial charge in [-0.25, -0.2) is 0 Å². The fourth-order valence-electron chi connectivity index (χ4n) is 1.41. The van der Waals surface area contributed by atoms with Crippen LogP contribution in [0.15, 0.2) is 0 Å². The molecule has 4 N–H and O–H groups in total. The standard InChI is InChI=1S/C9H22N2/c1-8(2)9(5-7-11)4-3-6-10/h8-9H,3-7,10-11H2,1-2H3. The SMILES string of the molecule is CC(C)C(CCN)CCCN. The molecule has 1 unspecified atom stereocenters. The van der Waals surface area contributed by atoms with Gasteiger partial charge in [0.1, 0.15) is 0 Å². The van der Waals surface area contributed by atoms with Crippen molar-refractivity contribution in [2.75, 3.05) is 13.1 Å². The van der Waals surface area contributed by atoms with Crippen molar-refractivity contribution >= 4 is 0 Å². The summed E-state index contributed by atoms with van der Waals surface area (Å²) >= 11 is 0. The smallest absolute Gasteiger partial charge is 0.00745 e. The van der Waals surface area contributed by atoms with Gasteiger partial charge in [0.25, 0.3) is 0 Å². The van der Waals surface area contributed by atoms with Gasteiger partial charge >= 0.3 is 0 Å². The molecule has 0 amide bonds. The Morgan fingerprint density at radius 2 is 1.64 bits per heavy atom. The molecule has 0 aliphatic carbocycles. The Labute approximate surface area is 70.3 Å². The molecule has 1 atom stereocenters. The van der Waals surface area contributed by atoms with Crippen LogP contribution in [0.2, 0.25) is 0 Å². The van der Waals surface area contributed by atoms with E-state index in [0.29, 0.717) is 0 Å². The molecular formula is C9H22N2. The van der Waals surface area contributed by atoms with Crippen LogP contribution in [-0.4, -0.2) is 13.1 Å². The monoisotopic (exact) mass is 158 g/mol. The summed E-state index contributed by atoms with van der Waals surface area (Å²) in [4.78, 5) is 0. The lowest BCUT2D eigenvalue weighted by Crippen LogP contribution is -2.15. The number of rotatable bonds is 6. The van der Waals surface area contributed by atoms with Crippen molar-refractivity contribution in [3.63, 3.8) is 0 Å². The second kappa shape index (κ2) is 6.62. The maximum atomic E-state index is 5.51. The molecule has 0 saturated carbocycles. The van der Waals surface area contributed by atoms with Crippen molar-refractivity contribution in [2.45, 2.75) is 33.1 Å². The van der Waals surface area contributed by atoms with E-state index in [1.807, 2.05) is 0 Å². The van der Waals surface area contributed by atoms with Crippen molar-refractivity contribution in [3.8, 4) is 0 Å². The lowest BCUT2D eigenvalue weighted by atomic mass is 9.88. The Morgan fingerprint density at radius 3 is 2.00 bits per heavy atom. The number of hydrogen-bond acceptors (Lipinski definition) is 2. The van der Waals surface area contributed by atoms with E-state index in [2.05, 4.69) is 13.8 Å². The molecule has 0 saturated heterocycles. The van der Waals surface area contributed by atoms with Crippen LogP contribution in [0.1, 0.15) is 33.1 Å². The van der Waals surface area contributed by atoms with Gasteiger partial charge in [-0.15, -0.1) is 0 Å². The van der Waals surface area contributed by atoms with E-state index in [1.165, 1.54) is 6.42 Å². The van der Waals surface area contributed by atoms with Crippen molar-refractivity contribution < 1.29 is 0 Å². The molecule has 0 radical (unpaired) electrons. The van der Waals surface area contributed by atoms with Crippen LogP contribution in [0.25, 0.3) is 0 Å². The zero-order valence-electron chi connectivity index (χ0n) is 7.84. The van der Waals surface area contributed by atoms with E-state index in [1.54, 1.807) is 0 Å². The first-order valence-corrected chi connectivity index (χ1v) is 4.62. The summed E-state index contributed by atoms with van der Waals surface area (Å²) in [5, 5.41) is 0. The van der Waals surface area contributed by atoms with Crippen molar-refractivity contribution in [3.05, 3.63) is 0 Å². The van der Waals surface area contributed by atoms with Gasteiger partial charge < -0.3 is 11.5 Å². The Balaban J connectivity index is 3.51. The second-order valence-corrected chi connectivity index (χ2v) is 3.51. The molecule has 0 aromatic carbocycles. The highest BCUT2D eigenvalue weighted by molar-refractivity contribution is 4.63. The Hall–Kier alpha value is -0.0800. The largest absolute Gasteiger partial charge is 0.330 e. The summed E-state index contributed by atoms with van der Waals surface area (Å²) in [6.07, 6.45) is 3.53. The summed E-state index contributed by atoms with van der Waals surface area (Å²) in [6, 6.07) is 0. The minimum Gasteiger partial charge on any atom is -0.330 e. The molecule has 2 nitrogen and oxygen atoms in total. The fourth-order valence-corrected chi connectivity index (χ4v) is 1.41. The lowest BCUT2D eigenvalue weighted by molar-refractivity contribution is 0.335. The lowest BCUT2D eigenvalue weighted by Gasteiger charge is -2.19. The van der Waals surface area contributed by atoms with Crippen LogP contribution in [-0.2, 0) is 0 Å². The van der Waals surface area contributed by atoms with Crippen molar-refractivity contribution in [2.24, 2.45) is 23.3 Å². The number of nitrogens with two attached hydrogens (primary N) is 2. The Morgan fingerprint density at radius 1 is 1.00 bits per heavy atom. The van der Waals surface area contributed by atoms with Gasteiger partial charge in [-0.1, -0.05) is 13.8 Å². The third-order valence-electron chi connectivity index (χ3n) is 2.26. The predicted molar refractivity (Wildman–Crippen MR) is 50.3 cm³/mol. The predicted octanol–water partition coefficient (Wildman–Crippen LogP) is 1.35. The average Bonchev–Trinajstić information content (AvgIpc) is 1.97. The molecule has 0 rings (SSSR count). The van der Waals surface area contributed by atoms with Crippen molar-refractivity contribution in [1.29, 1.82) is 0 Å². The third kappa shape index (κ3) is 5.22. The highest BCUT2D eigenvalue weighted by atomic mass is 14.5. The minimum absolute atomic E-state index is 0.755. The highest BCUT2D eigenvalue weighted by Crippen LogP contribution is 2.19. The highest BCUT2D eigenvalue weighted by Gasteiger charge is 2.10. The summed E-state index contributed by atoms with van der Waals surface area (Å²) < 4.78 is 0. The number of hydrogen-bond donors (Lipinski definition) is 2. The fraction of sp³-hybridized carbons (Fsp3) is 1.00. The van der Waals surface area contributed by atoms with E-state index in [-0.39, 0.29) is 0 Å². The summed E-state index contributed by atoms with van der Waals surface area (Å²) in [6.45, 7) is 6.15. The second-order valence-electron chi connectivity index (χ2n) is 3.51. The maximum Gasteiger partial charge on any atom is -0.00745 e. The first-order chi connectivity index (χ1) is 5.22. The van der Waals surface area contributed by atoms with Crippen LogP contribution in [0, 0.1) is 11.8 Å². The zero-order valence-corrected chi connectivity index (χ0v) is 7.84. The Bertz CT molecular complexity index is 81.6. The zero-order chi connectivity index (χ0) is 8.69. The summed E-state index contributed by atoms with van der Waals surface area (Å²) in [7, 11) is 0. The molecule has 0 heterocycles. The first-order valence-electron chi connectivity index (χ1n) is 4.62. The molecule has 2 heteroatoms. The summed E-state index contributed by atoms with van der Waals surface area (Å²) in [5.41, 5.74) is 10.9. The van der Waals surface area contributed by atoms with Gasteiger partial charge in [-0.05, 0) is 44.2 Å². The summed E-state index contributed by atoms with van der Waals surface area (Å²) in [5.74, 6) is 1.54. The third-order valence-corrected chi connectivity index (χ3v) is 2.26. The molecule has 0 fully saturated rings. The molecule has 0 aromatic rings. The van der Waals surface area contributed by atoms with Gasteiger partial charge in [-0.3, -0.25) is 0 Å².